The maximum atomic E-state index is 12.3. The number of hydrogen-bond acceptors (Lipinski definition) is 3. The van der Waals surface area contributed by atoms with E-state index in [2.05, 4.69) is 26.1 Å². The lowest BCUT2D eigenvalue weighted by molar-refractivity contribution is -0.131. The molecular formula is C16H32N2O2. The molecule has 4 nitrogen and oxygen atoms in total. The summed E-state index contributed by atoms with van der Waals surface area (Å²) < 4.78 is 5.27. The molecule has 2 unspecified atom stereocenters. The molecule has 1 aliphatic rings. The molecule has 1 N–H and O–H groups in total. The zero-order valence-electron chi connectivity index (χ0n) is 13.7. The van der Waals surface area contributed by atoms with Gasteiger partial charge in [0.2, 0.25) is 5.91 Å². The highest BCUT2D eigenvalue weighted by molar-refractivity contribution is 5.76. The van der Waals surface area contributed by atoms with Crippen molar-refractivity contribution in [3.8, 4) is 0 Å². The minimum atomic E-state index is 0.250. The van der Waals surface area contributed by atoms with Crippen molar-refractivity contribution in [2.45, 2.75) is 52.5 Å². The Balaban J connectivity index is 2.52. The van der Waals surface area contributed by atoms with Gasteiger partial charge >= 0.3 is 0 Å². The molecule has 1 heterocycles. The third-order valence-electron chi connectivity index (χ3n) is 4.29. The lowest BCUT2D eigenvalue weighted by Crippen LogP contribution is -2.46. The number of methoxy groups -OCH3 is 1. The van der Waals surface area contributed by atoms with Gasteiger partial charge in [0.05, 0.1) is 6.61 Å². The van der Waals surface area contributed by atoms with Crippen molar-refractivity contribution >= 4 is 5.91 Å². The topological polar surface area (TPSA) is 41.6 Å². The predicted octanol–water partition coefficient (Wildman–Crippen LogP) is 2.29. The number of nitrogens with zero attached hydrogens (tertiary/aromatic N) is 1. The Hall–Kier alpha value is -0.610. The molecule has 0 bridgehead atoms. The average molecular weight is 284 g/mol. The van der Waals surface area contributed by atoms with Crippen LogP contribution in [0.1, 0.15) is 46.5 Å². The molecule has 118 valence electrons. The zero-order chi connectivity index (χ0) is 15.0. The Morgan fingerprint density at radius 3 is 2.75 bits per heavy atom. The van der Waals surface area contributed by atoms with Crippen LogP contribution in [0.4, 0.5) is 0 Å². The van der Waals surface area contributed by atoms with Crippen LogP contribution in [-0.4, -0.2) is 50.2 Å². The highest BCUT2D eigenvalue weighted by Crippen LogP contribution is 2.25. The monoisotopic (exact) mass is 284 g/mol. The van der Waals surface area contributed by atoms with Gasteiger partial charge in [-0.25, -0.2) is 0 Å². The lowest BCUT2D eigenvalue weighted by Gasteiger charge is -2.27. The standard InChI is InChI=1S/C16H32N2O2/c1-5-9-17-15(12-20-4)11-18-10-8-14(13(2)3)6-7-16(18)19/h13-15,17H,5-12H2,1-4H3. The van der Waals surface area contributed by atoms with Crippen molar-refractivity contribution in [1.82, 2.24) is 10.2 Å². The number of rotatable bonds is 8. The van der Waals surface area contributed by atoms with E-state index in [4.69, 9.17) is 4.74 Å². The average Bonchev–Trinajstić information content (AvgIpc) is 2.59. The first-order valence-electron chi connectivity index (χ1n) is 8.08. The molecule has 1 amide bonds. The fourth-order valence-electron chi connectivity index (χ4n) is 2.91. The van der Waals surface area contributed by atoms with Crippen LogP contribution in [0.2, 0.25) is 0 Å². The maximum absolute atomic E-state index is 12.3. The van der Waals surface area contributed by atoms with Gasteiger partial charge in [0, 0.05) is 32.7 Å². The summed E-state index contributed by atoms with van der Waals surface area (Å²) >= 11 is 0. The van der Waals surface area contributed by atoms with E-state index < -0.39 is 0 Å². The fraction of sp³-hybridized carbons (Fsp3) is 0.938. The smallest absolute Gasteiger partial charge is 0.222 e. The molecule has 20 heavy (non-hydrogen) atoms. The van der Waals surface area contributed by atoms with Gasteiger partial charge in [-0.05, 0) is 37.6 Å². The second-order valence-corrected chi connectivity index (χ2v) is 6.28. The first-order chi connectivity index (χ1) is 9.58. The Kier molecular flexibility index (Phi) is 8.15. The first-order valence-corrected chi connectivity index (χ1v) is 8.08. The Morgan fingerprint density at radius 2 is 2.15 bits per heavy atom. The van der Waals surface area contributed by atoms with Crippen LogP contribution in [0.3, 0.4) is 0 Å². The zero-order valence-corrected chi connectivity index (χ0v) is 13.7. The third kappa shape index (κ3) is 5.80. The van der Waals surface area contributed by atoms with E-state index >= 15 is 0 Å². The summed E-state index contributed by atoms with van der Waals surface area (Å²) in [5, 5.41) is 3.47. The predicted molar refractivity (Wildman–Crippen MR) is 82.7 cm³/mol. The minimum absolute atomic E-state index is 0.250. The molecule has 0 aromatic heterocycles. The number of hydrogen-bond donors (Lipinski definition) is 1. The van der Waals surface area contributed by atoms with E-state index in [9.17, 15) is 4.79 Å². The molecule has 1 saturated heterocycles. The molecule has 0 aromatic carbocycles. The second-order valence-electron chi connectivity index (χ2n) is 6.28. The van der Waals surface area contributed by atoms with E-state index in [0.29, 0.717) is 30.8 Å². The molecule has 2 atom stereocenters. The lowest BCUT2D eigenvalue weighted by atomic mass is 9.89. The van der Waals surface area contributed by atoms with E-state index in [-0.39, 0.29) is 6.04 Å². The minimum Gasteiger partial charge on any atom is -0.383 e. The van der Waals surface area contributed by atoms with Crippen molar-refractivity contribution in [1.29, 1.82) is 0 Å². The summed E-state index contributed by atoms with van der Waals surface area (Å²) in [4.78, 5) is 14.3. The highest BCUT2D eigenvalue weighted by Gasteiger charge is 2.25. The molecule has 1 rings (SSSR count). The molecule has 4 heteroatoms. The summed E-state index contributed by atoms with van der Waals surface area (Å²) in [5.74, 6) is 1.68. The first kappa shape index (κ1) is 17.4. The fourth-order valence-corrected chi connectivity index (χ4v) is 2.91. The summed E-state index contributed by atoms with van der Waals surface area (Å²) in [6.45, 7) is 10.00. The second kappa shape index (κ2) is 9.35. The normalized spacial score (nSPS) is 22.1. The van der Waals surface area contributed by atoms with E-state index in [1.54, 1.807) is 7.11 Å². The number of carbonyl (C=O) groups is 1. The van der Waals surface area contributed by atoms with Gasteiger partial charge in [-0.2, -0.15) is 0 Å². The van der Waals surface area contributed by atoms with Crippen molar-refractivity contribution in [3.05, 3.63) is 0 Å². The van der Waals surface area contributed by atoms with Crippen LogP contribution in [0.25, 0.3) is 0 Å². The van der Waals surface area contributed by atoms with Crippen LogP contribution in [0.5, 0.6) is 0 Å². The Morgan fingerprint density at radius 1 is 1.40 bits per heavy atom. The molecule has 0 saturated carbocycles. The van der Waals surface area contributed by atoms with Gasteiger partial charge in [0.25, 0.3) is 0 Å². The number of ether oxygens (including phenoxy) is 1. The molecule has 0 spiro atoms. The molecule has 1 fully saturated rings. The summed E-state index contributed by atoms with van der Waals surface area (Å²) in [6.07, 6.45) is 3.99. The Labute approximate surface area is 124 Å². The van der Waals surface area contributed by atoms with Gasteiger partial charge in [-0.15, -0.1) is 0 Å². The molecule has 0 aromatic rings. The molecule has 0 aliphatic carbocycles. The van der Waals surface area contributed by atoms with Crippen LogP contribution in [-0.2, 0) is 9.53 Å². The van der Waals surface area contributed by atoms with E-state index in [0.717, 1.165) is 38.9 Å². The summed E-state index contributed by atoms with van der Waals surface area (Å²) in [6, 6.07) is 0.250. The summed E-state index contributed by atoms with van der Waals surface area (Å²) in [5.41, 5.74) is 0. The van der Waals surface area contributed by atoms with E-state index in [1.807, 2.05) is 4.90 Å². The molecular weight excluding hydrogens is 252 g/mol. The van der Waals surface area contributed by atoms with Gasteiger partial charge in [-0.1, -0.05) is 20.8 Å². The number of amides is 1. The van der Waals surface area contributed by atoms with Crippen LogP contribution in [0, 0.1) is 11.8 Å². The van der Waals surface area contributed by atoms with Gasteiger partial charge in [0.15, 0.2) is 0 Å². The quantitative estimate of drug-likeness (QED) is 0.743. The van der Waals surface area contributed by atoms with Crippen molar-refractivity contribution in [3.63, 3.8) is 0 Å². The number of nitrogens with one attached hydrogen (secondary N) is 1. The number of likely N-dealkylation sites (tertiary alicyclic amines) is 1. The summed E-state index contributed by atoms with van der Waals surface area (Å²) in [7, 11) is 1.72. The largest absolute Gasteiger partial charge is 0.383 e. The van der Waals surface area contributed by atoms with E-state index in [1.165, 1.54) is 0 Å². The maximum Gasteiger partial charge on any atom is 0.222 e. The molecule has 0 radical (unpaired) electrons. The van der Waals surface area contributed by atoms with Gasteiger partial charge in [-0.3, -0.25) is 4.79 Å². The van der Waals surface area contributed by atoms with Crippen LogP contribution >= 0.6 is 0 Å². The van der Waals surface area contributed by atoms with Crippen molar-refractivity contribution in [2.75, 3.05) is 33.4 Å². The SMILES string of the molecule is CCCNC(COC)CN1CCC(C(C)C)CCC1=O. The van der Waals surface area contributed by atoms with Crippen molar-refractivity contribution in [2.24, 2.45) is 11.8 Å². The number of carbonyl (C=O) groups excluding carboxylic acids is 1. The van der Waals surface area contributed by atoms with Crippen LogP contribution in [0.15, 0.2) is 0 Å². The Bertz CT molecular complexity index is 282. The van der Waals surface area contributed by atoms with Gasteiger partial charge < -0.3 is 15.0 Å². The van der Waals surface area contributed by atoms with Crippen molar-refractivity contribution < 1.29 is 9.53 Å². The van der Waals surface area contributed by atoms with Crippen LogP contribution < -0.4 is 5.32 Å². The highest BCUT2D eigenvalue weighted by atomic mass is 16.5. The molecule has 1 aliphatic heterocycles. The third-order valence-corrected chi connectivity index (χ3v) is 4.29. The van der Waals surface area contributed by atoms with Gasteiger partial charge in [0.1, 0.15) is 0 Å².